The number of hydrogen-bond donors (Lipinski definition) is 3. The maximum atomic E-state index is 14.1. The molecule has 3 rings (SSSR count). The maximum absolute atomic E-state index is 14.1. The molecule has 2 aromatic carbocycles. The number of carbonyl (C=O) groups excluding carboxylic acids is 5. The van der Waals surface area contributed by atoms with Gasteiger partial charge in [-0.1, -0.05) is 39.9 Å². The lowest BCUT2D eigenvalue weighted by atomic mass is 9.88. The molecule has 0 bridgehead atoms. The van der Waals surface area contributed by atoms with Crippen LogP contribution in [-0.2, 0) is 41.6 Å². The van der Waals surface area contributed by atoms with E-state index in [4.69, 9.17) is 22.7 Å². The number of nitrogens with zero attached hydrogens (tertiary/aromatic N) is 2. The highest BCUT2D eigenvalue weighted by molar-refractivity contribution is 7.80. The normalized spacial score (nSPS) is 13.1. The van der Waals surface area contributed by atoms with Gasteiger partial charge >= 0.3 is 24.0 Å². The molecule has 0 fully saturated rings. The fourth-order valence-electron chi connectivity index (χ4n) is 5.37. The first-order valence-corrected chi connectivity index (χ1v) is 19.2. The number of hydrogen-bond acceptors (Lipinski definition) is 12. The van der Waals surface area contributed by atoms with Crippen molar-refractivity contribution in [1.82, 2.24) is 15.5 Å². The van der Waals surface area contributed by atoms with Crippen LogP contribution in [-0.4, -0.2) is 83.8 Å². The topological polar surface area (TPSA) is 188 Å². The van der Waals surface area contributed by atoms with Crippen molar-refractivity contribution in [2.24, 2.45) is 10.7 Å². The number of benzene rings is 2. The Bertz CT molecular complexity index is 1800. The number of rotatable bonds is 12. The molecule has 0 aromatic heterocycles. The summed E-state index contributed by atoms with van der Waals surface area (Å²) < 4.78 is 46.3. The molecule has 4 N–H and O–H groups in total. The number of halogens is 3. The van der Waals surface area contributed by atoms with Crippen molar-refractivity contribution in [2.75, 3.05) is 21.3 Å². The smallest absolute Gasteiger partial charge is 0.414 e. The molecular formula is C41H60ClF2N5O9S. The molecule has 0 aliphatic carbocycles. The van der Waals surface area contributed by atoms with E-state index in [0.717, 1.165) is 25.0 Å². The molecule has 0 spiro atoms. The molecule has 0 radical (unpaired) electrons. The second-order valence-corrected chi connectivity index (χ2v) is 15.2. The van der Waals surface area contributed by atoms with Crippen LogP contribution in [0, 0.1) is 11.6 Å². The summed E-state index contributed by atoms with van der Waals surface area (Å²) in [6.07, 6.45) is 2.54. The summed E-state index contributed by atoms with van der Waals surface area (Å²) in [6.45, 7) is 15.0. The number of amides is 2. The lowest BCUT2D eigenvalue weighted by Crippen LogP contribution is -2.54. The van der Waals surface area contributed by atoms with Gasteiger partial charge in [0.15, 0.2) is 0 Å². The van der Waals surface area contributed by atoms with Gasteiger partial charge in [0.05, 0.1) is 62.4 Å². The predicted molar refractivity (Wildman–Crippen MR) is 227 cm³/mol. The lowest BCUT2D eigenvalue weighted by Gasteiger charge is -2.37. The number of nitrogens with two attached hydrogens (primary N) is 1. The second-order valence-electron chi connectivity index (χ2n) is 14.6. The molecule has 0 unspecified atom stereocenters. The summed E-state index contributed by atoms with van der Waals surface area (Å²) in [5.74, 6) is -2.82. The Hall–Kier alpha value is -4.74. The average molecular weight is 872 g/mol. The summed E-state index contributed by atoms with van der Waals surface area (Å²) >= 11 is 4.84. The van der Waals surface area contributed by atoms with Crippen molar-refractivity contribution in [3.63, 3.8) is 0 Å². The summed E-state index contributed by atoms with van der Waals surface area (Å²) in [5, 5.41) is 5.46. The number of esters is 3. The van der Waals surface area contributed by atoms with E-state index in [1.54, 1.807) is 33.8 Å². The standard InChI is InChI=1S/C22H30FN3O5.C11H12FNO2S.C8H17NO2.ClH/c1-7-22(8-2)12-17(27)26(19(25-22)24-20(29)31-21(3,4)5)13-14-9-15(18(28)30-6)11-16(23)10-14;1-7(16)13-6-8-3-9(11(14)15-2)5-10(12)4-8;1-4-8(9,5-2)6-7(10)11-3;/h9-11H,7-8,12-13H2,1-6H3,(H,24,25,29);3-5H,6H2,1-2H3,(H,13,16);4-6,9H2,1-3H3;1H. The second kappa shape index (κ2) is 25.0. The van der Waals surface area contributed by atoms with Crippen molar-refractivity contribution in [1.29, 1.82) is 0 Å². The predicted octanol–water partition coefficient (Wildman–Crippen LogP) is 7.32. The van der Waals surface area contributed by atoms with Crippen LogP contribution in [0.2, 0.25) is 0 Å². The van der Waals surface area contributed by atoms with E-state index in [2.05, 4.69) is 29.8 Å². The molecule has 1 heterocycles. The third-order valence-electron chi connectivity index (χ3n) is 9.08. The number of aliphatic imine (C=N–C) groups is 1. The zero-order valence-corrected chi connectivity index (χ0v) is 37.5. The van der Waals surface area contributed by atoms with Crippen LogP contribution in [0.1, 0.15) is 126 Å². The van der Waals surface area contributed by atoms with Crippen molar-refractivity contribution in [2.45, 2.75) is 124 Å². The van der Waals surface area contributed by atoms with Crippen LogP contribution in [0.5, 0.6) is 0 Å². The highest BCUT2D eigenvalue weighted by atomic mass is 35.5. The van der Waals surface area contributed by atoms with Gasteiger partial charge in [-0.25, -0.2) is 28.2 Å². The molecule has 59 heavy (non-hydrogen) atoms. The molecule has 2 amide bonds. The molecular weight excluding hydrogens is 812 g/mol. The van der Waals surface area contributed by atoms with E-state index >= 15 is 0 Å². The fourth-order valence-corrected chi connectivity index (χ4v) is 5.44. The Labute approximate surface area is 357 Å². The van der Waals surface area contributed by atoms with Gasteiger partial charge in [-0.3, -0.25) is 19.8 Å². The number of guanidine groups is 1. The van der Waals surface area contributed by atoms with Crippen LogP contribution < -0.4 is 16.4 Å². The molecule has 18 heteroatoms. The SMILES string of the molecule is CCC(N)(CC)CC(=O)OC.CCC1(CC)CC(=O)N(Cc2cc(F)cc(C(=O)OC)c2)C(NC(=O)OC(C)(C)C)=N1.COC(=O)c1cc(F)cc(CNC(C)=S)c1.Cl. The summed E-state index contributed by atoms with van der Waals surface area (Å²) in [5.41, 5.74) is 5.34. The quantitative estimate of drug-likeness (QED) is 0.110. The van der Waals surface area contributed by atoms with Crippen LogP contribution in [0.4, 0.5) is 13.6 Å². The molecule has 2 aromatic rings. The summed E-state index contributed by atoms with van der Waals surface area (Å²) in [7, 11) is 3.84. The van der Waals surface area contributed by atoms with Crippen molar-refractivity contribution < 1.29 is 51.7 Å². The minimum absolute atomic E-state index is 0. The first kappa shape index (κ1) is 54.3. The van der Waals surface area contributed by atoms with E-state index in [1.165, 1.54) is 44.4 Å². The Balaban J connectivity index is 0.000001000. The molecule has 1 aliphatic heterocycles. The van der Waals surface area contributed by atoms with Crippen LogP contribution in [0.3, 0.4) is 0 Å². The van der Waals surface area contributed by atoms with Crippen molar-refractivity contribution in [3.05, 3.63) is 70.3 Å². The van der Waals surface area contributed by atoms with Crippen LogP contribution in [0.15, 0.2) is 41.4 Å². The number of alkyl carbamates (subject to hydrolysis) is 1. The Kier molecular flexibility index (Phi) is 23.0. The monoisotopic (exact) mass is 871 g/mol. The number of carbonyl (C=O) groups is 5. The Morgan fingerprint density at radius 3 is 1.78 bits per heavy atom. The number of ether oxygens (including phenoxy) is 4. The highest BCUT2D eigenvalue weighted by Gasteiger charge is 2.39. The zero-order chi connectivity index (χ0) is 44.4. The van der Waals surface area contributed by atoms with E-state index < -0.39 is 40.8 Å². The summed E-state index contributed by atoms with van der Waals surface area (Å²) in [4.78, 5) is 65.8. The molecule has 0 saturated heterocycles. The van der Waals surface area contributed by atoms with Gasteiger partial charge in [0.25, 0.3) is 0 Å². The minimum Gasteiger partial charge on any atom is -0.469 e. The van der Waals surface area contributed by atoms with Gasteiger partial charge in [0.2, 0.25) is 11.9 Å². The number of nitrogens with one attached hydrogen (secondary N) is 2. The molecule has 14 nitrogen and oxygen atoms in total. The van der Waals surface area contributed by atoms with Gasteiger partial charge in [-0.15, -0.1) is 12.4 Å². The van der Waals surface area contributed by atoms with E-state index in [-0.39, 0.29) is 59.9 Å². The van der Waals surface area contributed by atoms with Gasteiger partial charge in [0, 0.05) is 12.1 Å². The largest absolute Gasteiger partial charge is 0.469 e. The van der Waals surface area contributed by atoms with Crippen molar-refractivity contribution in [3.8, 4) is 0 Å². The maximum Gasteiger partial charge on any atom is 0.414 e. The van der Waals surface area contributed by atoms with Gasteiger partial charge in [-0.2, -0.15) is 0 Å². The van der Waals surface area contributed by atoms with E-state index in [9.17, 15) is 32.8 Å². The highest BCUT2D eigenvalue weighted by Crippen LogP contribution is 2.31. The van der Waals surface area contributed by atoms with E-state index in [0.29, 0.717) is 41.9 Å². The first-order chi connectivity index (χ1) is 27.0. The molecule has 0 saturated carbocycles. The third kappa shape index (κ3) is 18.8. The number of methoxy groups -OCH3 is 3. The van der Waals surface area contributed by atoms with E-state index in [1.807, 2.05) is 27.7 Å². The first-order valence-electron chi connectivity index (χ1n) is 18.8. The van der Waals surface area contributed by atoms with Crippen LogP contribution in [0.25, 0.3) is 0 Å². The fraction of sp³-hybridized carbons (Fsp3) is 0.537. The third-order valence-corrected chi connectivity index (χ3v) is 9.23. The molecule has 330 valence electrons. The summed E-state index contributed by atoms with van der Waals surface area (Å²) in [6, 6.07) is 7.76. The van der Waals surface area contributed by atoms with Crippen molar-refractivity contribution >= 4 is 65.5 Å². The minimum atomic E-state index is -0.749. The number of thiocarbonyl (C=S) groups is 1. The Morgan fingerprint density at radius 1 is 0.864 bits per heavy atom. The van der Waals surface area contributed by atoms with Gasteiger partial charge < -0.3 is 30.0 Å². The van der Waals surface area contributed by atoms with Crippen LogP contribution >= 0.6 is 24.6 Å². The lowest BCUT2D eigenvalue weighted by molar-refractivity contribution is -0.142. The molecule has 0 atom stereocenters. The van der Waals surface area contributed by atoms with Gasteiger partial charge in [-0.05, 0) is 101 Å². The average Bonchev–Trinajstić information content (AvgIpc) is 3.16. The van der Waals surface area contributed by atoms with Gasteiger partial charge in [0.1, 0.15) is 17.2 Å². The Morgan fingerprint density at radius 2 is 1.36 bits per heavy atom. The zero-order valence-electron chi connectivity index (χ0n) is 35.8. The molecule has 1 aliphatic rings.